The summed E-state index contributed by atoms with van der Waals surface area (Å²) >= 11 is 0. The number of ether oxygens (including phenoxy) is 1. The summed E-state index contributed by atoms with van der Waals surface area (Å²) in [5.74, 6) is -0.630. The van der Waals surface area contributed by atoms with Crippen molar-refractivity contribution in [1.29, 1.82) is 0 Å². The highest BCUT2D eigenvalue weighted by molar-refractivity contribution is 5.91. The molecular formula is C38H58N6O6. The van der Waals surface area contributed by atoms with Gasteiger partial charge in [-0.1, -0.05) is 90.1 Å². The molecule has 3 N–H and O–H groups in total. The summed E-state index contributed by atoms with van der Waals surface area (Å²) in [6.45, 7) is 8.46. The van der Waals surface area contributed by atoms with E-state index in [1.54, 1.807) is 27.1 Å². The standard InChI is InChI=1S/C38H58N6O6/c1-26(2)17-18-33(45)31(21-28-13-8-6-9-14-28)41-35(46)32(23-30-24-39-25-40-30)42(5)37(48)34(22-29-15-10-7-11-16-29)50-38(49)44-20-12-19-43(44)36(47)27(3)4/h7,10-11,15-16,24-28,31-34,45H,6,8-9,12-14,17-23H2,1-5H3,(H,39,40)(H,41,46)/t31?,32-,33?,34?/m0/s1. The van der Waals surface area contributed by atoms with Crippen molar-refractivity contribution in [2.24, 2.45) is 17.8 Å². The van der Waals surface area contributed by atoms with Crippen LogP contribution in [0.1, 0.15) is 96.7 Å². The Bertz CT molecular complexity index is 1360. The fourth-order valence-corrected chi connectivity index (χ4v) is 6.99. The molecule has 1 aromatic heterocycles. The minimum Gasteiger partial charge on any atom is -0.434 e. The molecule has 1 aromatic carbocycles. The molecular weight excluding hydrogens is 636 g/mol. The minimum atomic E-state index is -1.27. The summed E-state index contributed by atoms with van der Waals surface area (Å²) in [6.07, 6.45) is 8.91. The summed E-state index contributed by atoms with van der Waals surface area (Å²) in [5, 5.41) is 17.2. The van der Waals surface area contributed by atoms with E-state index in [1.807, 2.05) is 30.3 Å². The second-order valence-corrected chi connectivity index (χ2v) is 14.8. The average Bonchev–Trinajstić information content (AvgIpc) is 3.82. The van der Waals surface area contributed by atoms with E-state index in [0.717, 1.165) is 37.7 Å². The number of aliphatic hydroxyl groups excluding tert-OH is 1. The Kier molecular flexibility index (Phi) is 14.7. The molecule has 4 rings (SSSR count). The number of hydrogen-bond acceptors (Lipinski definition) is 7. The number of carbonyl (C=O) groups is 4. The van der Waals surface area contributed by atoms with E-state index in [9.17, 15) is 24.3 Å². The predicted molar refractivity (Wildman–Crippen MR) is 190 cm³/mol. The van der Waals surface area contributed by atoms with Crippen LogP contribution in [0.3, 0.4) is 0 Å². The smallest absolute Gasteiger partial charge is 0.429 e. The zero-order valence-electron chi connectivity index (χ0n) is 30.6. The van der Waals surface area contributed by atoms with Crippen LogP contribution < -0.4 is 5.32 Å². The Morgan fingerprint density at radius 1 is 0.980 bits per heavy atom. The normalized spacial score (nSPS) is 17.8. The predicted octanol–water partition coefficient (Wildman–Crippen LogP) is 4.88. The van der Waals surface area contributed by atoms with Gasteiger partial charge in [0.15, 0.2) is 6.10 Å². The van der Waals surface area contributed by atoms with Gasteiger partial charge in [-0.25, -0.2) is 19.8 Å². The summed E-state index contributed by atoms with van der Waals surface area (Å²) in [5.41, 5.74) is 1.43. The molecule has 50 heavy (non-hydrogen) atoms. The lowest BCUT2D eigenvalue weighted by atomic mass is 9.83. The first-order valence-corrected chi connectivity index (χ1v) is 18.5. The number of likely N-dealkylation sites (N-methyl/N-ethyl adjacent to an activating group) is 1. The highest BCUT2D eigenvalue weighted by atomic mass is 16.6. The highest BCUT2D eigenvalue weighted by Gasteiger charge is 2.39. The number of aliphatic hydroxyl groups is 1. The molecule has 2 fully saturated rings. The zero-order chi connectivity index (χ0) is 36.2. The number of nitrogens with zero attached hydrogens (tertiary/aromatic N) is 4. The van der Waals surface area contributed by atoms with Crippen molar-refractivity contribution >= 4 is 23.8 Å². The molecule has 2 aliphatic rings. The number of nitrogens with one attached hydrogen (secondary N) is 2. The lowest BCUT2D eigenvalue weighted by molar-refractivity contribution is -0.150. The van der Waals surface area contributed by atoms with Gasteiger partial charge >= 0.3 is 6.09 Å². The van der Waals surface area contributed by atoms with Gasteiger partial charge in [0.05, 0.1) is 18.5 Å². The molecule has 1 saturated carbocycles. The molecule has 12 heteroatoms. The largest absolute Gasteiger partial charge is 0.434 e. The van der Waals surface area contributed by atoms with Crippen molar-refractivity contribution < 1.29 is 29.0 Å². The molecule has 2 heterocycles. The first-order chi connectivity index (χ1) is 23.9. The van der Waals surface area contributed by atoms with Crippen molar-refractivity contribution in [1.82, 2.24) is 30.2 Å². The average molecular weight is 695 g/mol. The molecule has 0 spiro atoms. The summed E-state index contributed by atoms with van der Waals surface area (Å²) in [7, 11) is 1.55. The second-order valence-electron chi connectivity index (χ2n) is 14.8. The van der Waals surface area contributed by atoms with Crippen LogP contribution in [0, 0.1) is 17.8 Å². The fourth-order valence-electron chi connectivity index (χ4n) is 6.99. The van der Waals surface area contributed by atoms with Crippen LogP contribution in [0.25, 0.3) is 0 Å². The summed E-state index contributed by atoms with van der Waals surface area (Å²) < 4.78 is 5.93. The Balaban J connectivity index is 1.58. The molecule has 3 unspecified atom stereocenters. The topological polar surface area (TPSA) is 148 Å². The number of rotatable bonds is 16. The number of hydrogen-bond donors (Lipinski definition) is 3. The van der Waals surface area contributed by atoms with Crippen molar-refractivity contribution in [2.45, 2.75) is 123 Å². The molecule has 276 valence electrons. The van der Waals surface area contributed by atoms with Crippen molar-refractivity contribution in [3.8, 4) is 0 Å². The van der Waals surface area contributed by atoms with Crippen LogP contribution in [0.5, 0.6) is 0 Å². The number of hydrazine groups is 1. The van der Waals surface area contributed by atoms with E-state index in [1.165, 1.54) is 27.7 Å². The Hall–Kier alpha value is -3.93. The lowest BCUT2D eigenvalue weighted by Crippen LogP contribution is -2.56. The van der Waals surface area contributed by atoms with Gasteiger partial charge in [-0.3, -0.25) is 14.4 Å². The van der Waals surface area contributed by atoms with E-state index in [-0.39, 0.29) is 24.7 Å². The zero-order valence-corrected chi connectivity index (χ0v) is 30.6. The highest BCUT2D eigenvalue weighted by Crippen LogP contribution is 2.29. The molecule has 0 bridgehead atoms. The molecule has 4 amide bonds. The molecule has 0 radical (unpaired) electrons. The van der Waals surface area contributed by atoms with Crippen LogP contribution >= 0.6 is 0 Å². The van der Waals surface area contributed by atoms with Crippen molar-refractivity contribution in [2.75, 3.05) is 20.1 Å². The van der Waals surface area contributed by atoms with Gasteiger partial charge in [0.2, 0.25) is 11.8 Å². The Morgan fingerprint density at radius 3 is 2.32 bits per heavy atom. The van der Waals surface area contributed by atoms with Gasteiger partial charge in [-0.2, -0.15) is 0 Å². The first kappa shape index (κ1) is 38.9. The Morgan fingerprint density at radius 2 is 1.68 bits per heavy atom. The molecule has 1 aliphatic carbocycles. The van der Waals surface area contributed by atoms with Crippen LogP contribution in [-0.4, -0.2) is 98.2 Å². The van der Waals surface area contributed by atoms with Crippen LogP contribution in [0.2, 0.25) is 0 Å². The minimum absolute atomic E-state index is 0.0817. The number of benzene rings is 1. The number of carbonyl (C=O) groups excluding carboxylic acids is 4. The van der Waals surface area contributed by atoms with Gasteiger partial charge in [0.25, 0.3) is 5.91 Å². The third kappa shape index (κ3) is 11.0. The van der Waals surface area contributed by atoms with E-state index < -0.39 is 42.2 Å². The SMILES string of the molecule is CC(C)CCC(O)C(CC1CCCCC1)NC(=O)[C@H](Cc1cnc[nH]1)N(C)C(=O)C(Cc1ccccc1)OC(=O)N1CCCN1C(=O)C(C)C. The maximum atomic E-state index is 14.4. The number of aromatic amines is 1. The number of H-pyrrole nitrogens is 1. The monoisotopic (exact) mass is 694 g/mol. The van der Waals surface area contributed by atoms with Gasteiger partial charge in [0, 0.05) is 50.8 Å². The van der Waals surface area contributed by atoms with E-state index >= 15 is 0 Å². The molecule has 4 atom stereocenters. The molecule has 1 saturated heterocycles. The Labute approximate surface area is 297 Å². The summed E-state index contributed by atoms with van der Waals surface area (Å²) in [4.78, 5) is 63.7. The molecule has 2 aromatic rings. The maximum absolute atomic E-state index is 14.4. The van der Waals surface area contributed by atoms with E-state index in [4.69, 9.17) is 4.74 Å². The third-order valence-corrected chi connectivity index (χ3v) is 10.0. The number of amides is 4. The van der Waals surface area contributed by atoms with Crippen LogP contribution in [-0.2, 0) is 32.0 Å². The van der Waals surface area contributed by atoms with Crippen molar-refractivity contribution in [3.05, 3.63) is 54.1 Å². The maximum Gasteiger partial charge on any atom is 0.429 e. The van der Waals surface area contributed by atoms with E-state index in [2.05, 4.69) is 29.1 Å². The molecule has 1 aliphatic heterocycles. The van der Waals surface area contributed by atoms with Crippen LogP contribution in [0.15, 0.2) is 42.9 Å². The van der Waals surface area contributed by atoms with E-state index in [0.29, 0.717) is 49.9 Å². The number of imidazole rings is 1. The quantitative estimate of drug-likeness (QED) is 0.227. The molecule has 12 nitrogen and oxygen atoms in total. The third-order valence-electron chi connectivity index (χ3n) is 10.0. The summed E-state index contributed by atoms with van der Waals surface area (Å²) in [6, 6.07) is 7.80. The van der Waals surface area contributed by atoms with Crippen molar-refractivity contribution in [3.63, 3.8) is 0 Å². The van der Waals surface area contributed by atoms with Gasteiger partial charge < -0.3 is 25.0 Å². The second kappa shape index (κ2) is 18.9. The van der Waals surface area contributed by atoms with Gasteiger partial charge in [-0.15, -0.1) is 0 Å². The lowest BCUT2D eigenvalue weighted by Gasteiger charge is -2.35. The van der Waals surface area contributed by atoms with Crippen LogP contribution in [0.4, 0.5) is 4.79 Å². The number of aromatic nitrogens is 2. The van der Waals surface area contributed by atoms with Gasteiger partial charge in [-0.05, 0) is 43.1 Å². The van der Waals surface area contributed by atoms with Gasteiger partial charge in [0.1, 0.15) is 6.04 Å². The first-order valence-electron chi connectivity index (χ1n) is 18.5. The fraction of sp³-hybridized carbons (Fsp3) is 0.658.